The van der Waals surface area contributed by atoms with Gasteiger partial charge in [0.15, 0.2) is 5.78 Å². The number of nitrogens with zero attached hydrogens (tertiary/aromatic N) is 2. The number of hydrogen-bond donors (Lipinski definition) is 0. The molecule has 5 heteroatoms. The second kappa shape index (κ2) is 8.89. The number of ketones is 1. The number of piperidine rings is 1. The van der Waals surface area contributed by atoms with E-state index in [1.165, 1.54) is 5.56 Å². The molecule has 0 unspecified atom stereocenters. The molecule has 4 nitrogen and oxygen atoms in total. The lowest BCUT2D eigenvalue weighted by Crippen LogP contribution is -2.36. The molecular weight excluding hydrogens is 380 g/mol. The Labute approximate surface area is 176 Å². The molecule has 2 aromatic carbocycles. The third-order valence-electron chi connectivity index (χ3n) is 5.55. The van der Waals surface area contributed by atoms with Crippen LogP contribution in [0.1, 0.15) is 34.5 Å². The first-order chi connectivity index (χ1) is 14.1. The minimum Gasteiger partial charge on any atom is -0.497 e. The van der Waals surface area contributed by atoms with Crippen molar-refractivity contribution in [2.45, 2.75) is 26.3 Å². The highest BCUT2D eigenvalue weighted by Crippen LogP contribution is 2.28. The molecule has 0 saturated carbocycles. The fourth-order valence-electron chi connectivity index (χ4n) is 3.80. The van der Waals surface area contributed by atoms with Crippen LogP contribution < -0.4 is 4.74 Å². The molecule has 1 aliphatic heterocycles. The first-order valence-electron chi connectivity index (χ1n) is 10.0. The van der Waals surface area contributed by atoms with Crippen LogP contribution in [0.5, 0.6) is 5.75 Å². The summed E-state index contributed by atoms with van der Waals surface area (Å²) in [5.74, 6) is 1.27. The number of aryl methyl sites for hydroxylation is 1. The van der Waals surface area contributed by atoms with E-state index in [-0.39, 0.29) is 5.92 Å². The number of ether oxygens (including phenoxy) is 1. The smallest absolute Gasteiger partial charge is 0.166 e. The van der Waals surface area contributed by atoms with E-state index in [2.05, 4.69) is 16.3 Å². The lowest BCUT2D eigenvalue weighted by molar-refractivity contribution is 0.0834. The van der Waals surface area contributed by atoms with Gasteiger partial charge in [0.25, 0.3) is 0 Å². The number of benzene rings is 2. The predicted molar refractivity (Wildman–Crippen MR) is 118 cm³/mol. The Morgan fingerprint density at radius 3 is 2.66 bits per heavy atom. The molecule has 1 aromatic heterocycles. The van der Waals surface area contributed by atoms with Gasteiger partial charge < -0.3 is 4.74 Å². The van der Waals surface area contributed by atoms with E-state index in [1.54, 1.807) is 18.4 Å². The minimum atomic E-state index is 0.136. The van der Waals surface area contributed by atoms with Crippen molar-refractivity contribution in [3.63, 3.8) is 0 Å². The van der Waals surface area contributed by atoms with Gasteiger partial charge in [-0.25, -0.2) is 4.98 Å². The van der Waals surface area contributed by atoms with Crippen LogP contribution in [0.2, 0.25) is 0 Å². The first-order valence-corrected chi connectivity index (χ1v) is 10.9. The standard InChI is InChI=1S/C24H26N2O2S/c1-17-6-8-18(9-7-17)23(27)19-10-12-26(13-11-19)15-21-16-29-24(25-21)20-4-3-5-22(14-20)28-2/h3-9,14,16,19H,10-13,15H2,1-2H3. The largest absolute Gasteiger partial charge is 0.497 e. The summed E-state index contributed by atoms with van der Waals surface area (Å²) in [6.07, 6.45) is 1.83. The van der Waals surface area contributed by atoms with Crippen LogP contribution in [0.15, 0.2) is 53.9 Å². The van der Waals surface area contributed by atoms with Gasteiger partial charge >= 0.3 is 0 Å². The van der Waals surface area contributed by atoms with Gasteiger partial charge in [-0.05, 0) is 45.0 Å². The highest BCUT2D eigenvalue weighted by atomic mass is 32.1. The van der Waals surface area contributed by atoms with Crippen molar-refractivity contribution >= 4 is 17.1 Å². The van der Waals surface area contributed by atoms with Crippen LogP contribution in [0, 0.1) is 12.8 Å². The van der Waals surface area contributed by atoms with E-state index < -0.39 is 0 Å². The number of aromatic nitrogens is 1. The Morgan fingerprint density at radius 2 is 1.93 bits per heavy atom. The average molecular weight is 407 g/mol. The van der Waals surface area contributed by atoms with Crippen molar-refractivity contribution in [2.75, 3.05) is 20.2 Å². The summed E-state index contributed by atoms with van der Waals surface area (Å²) in [6.45, 7) is 4.76. The van der Waals surface area contributed by atoms with Crippen LogP contribution in [0.3, 0.4) is 0 Å². The predicted octanol–water partition coefficient (Wildman–Crippen LogP) is 5.22. The molecule has 3 aromatic rings. The highest BCUT2D eigenvalue weighted by molar-refractivity contribution is 7.13. The Bertz CT molecular complexity index is 973. The van der Waals surface area contributed by atoms with E-state index in [9.17, 15) is 4.79 Å². The van der Waals surface area contributed by atoms with Gasteiger partial charge in [-0.2, -0.15) is 0 Å². The number of carbonyl (C=O) groups is 1. The summed E-state index contributed by atoms with van der Waals surface area (Å²) >= 11 is 1.67. The van der Waals surface area contributed by atoms with Crippen molar-refractivity contribution in [1.82, 2.24) is 9.88 Å². The minimum absolute atomic E-state index is 0.136. The van der Waals surface area contributed by atoms with Gasteiger partial charge in [-0.1, -0.05) is 42.0 Å². The Hall–Kier alpha value is -2.50. The van der Waals surface area contributed by atoms with Crippen molar-refractivity contribution in [3.05, 3.63) is 70.7 Å². The molecule has 0 atom stereocenters. The number of likely N-dealkylation sites (tertiary alicyclic amines) is 1. The van der Waals surface area contributed by atoms with Gasteiger partial charge in [0.05, 0.1) is 12.8 Å². The second-order valence-electron chi connectivity index (χ2n) is 7.66. The Morgan fingerprint density at radius 1 is 1.17 bits per heavy atom. The van der Waals surface area contributed by atoms with E-state index >= 15 is 0 Å². The molecule has 4 rings (SSSR count). The zero-order valence-corrected chi connectivity index (χ0v) is 17.7. The Kier molecular flexibility index (Phi) is 6.07. The van der Waals surface area contributed by atoms with E-state index in [0.717, 1.165) is 60.1 Å². The van der Waals surface area contributed by atoms with Crippen molar-refractivity contribution in [3.8, 4) is 16.3 Å². The molecule has 0 aliphatic carbocycles. The third kappa shape index (κ3) is 4.74. The molecule has 0 N–H and O–H groups in total. The lowest BCUT2D eigenvalue weighted by Gasteiger charge is -2.30. The van der Waals surface area contributed by atoms with Gasteiger partial charge in [-0.15, -0.1) is 11.3 Å². The molecule has 0 spiro atoms. The topological polar surface area (TPSA) is 42.4 Å². The molecule has 0 bridgehead atoms. The van der Waals surface area contributed by atoms with Crippen molar-refractivity contribution < 1.29 is 9.53 Å². The third-order valence-corrected chi connectivity index (χ3v) is 6.49. The maximum Gasteiger partial charge on any atom is 0.166 e. The number of Topliss-reactive ketones (excluding diaryl/α,β-unsaturated/α-hetero) is 1. The molecule has 29 heavy (non-hydrogen) atoms. The normalized spacial score (nSPS) is 15.4. The summed E-state index contributed by atoms with van der Waals surface area (Å²) in [6, 6.07) is 16.0. The molecule has 150 valence electrons. The molecule has 2 heterocycles. The van der Waals surface area contributed by atoms with Gasteiger partial charge in [0.1, 0.15) is 10.8 Å². The van der Waals surface area contributed by atoms with E-state index in [4.69, 9.17) is 9.72 Å². The van der Waals surface area contributed by atoms with Gasteiger partial charge in [0.2, 0.25) is 0 Å². The van der Waals surface area contributed by atoms with Crippen LogP contribution >= 0.6 is 11.3 Å². The SMILES string of the molecule is COc1cccc(-c2nc(CN3CCC(C(=O)c4ccc(C)cc4)CC3)cs2)c1. The molecule has 0 radical (unpaired) electrons. The zero-order valence-electron chi connectivity index (χ0n) is 16.9. The van der Waals surface area contributed by atoms with Crippen LogP contribution in [0.25, 0.3) is 10.6 Å². The maximum atomic E-state index is 12.7. The van der Waals surface area contributed by atoms with Gasteiger partial charge in [-0.3, -0.25) is 9.69 Å². The van der Waals surface area contributed by atoms with Crippen LogP contribution in [0.4, 0.5) is 0 Å². The summed E-state index contributed by atoms with van der Waals surface area (Å²) in [5, 5.41) is 3.15. The molecule has 1 aliphatic rings. The highest BCUT2D eigenvalue weighted by Gasteiger charge is 2.26. The number of methoxy groups -OCH3 is 1. The summed E-state index contributed by atoms with van der Waals surface area (Å²) in [5.41, 5.74) is 4.21. The molecule has 1 fully saturated rings. The molecule has 0 amide bonds. The average Bonchev–Trinajstić information content (AvgIpc) is 3.23. The number of carbonyl (C=O) groups excluding carboxylic acids is 1. The second-order valence-corrected chi connectivity index (χ2v) is 8.51. The summed E-state index contributed by atoms with van der Waals surface area (Å²) in [7, 11) is 1.68. The first kappa shape index (κ1) is 19.8. The summed E-state index contributed by atoms with van der Waals surface area (Å²) < 4.78 is 5.31. The van der Waals surface area contributed by atoms with E-state index in [0.29, 0.717) is 5.78 Å². The number of rotatable bonds is 6. The Balaban J connectivity index is 1.33. The van der Waals surface area contributed by atoms with Crippen molar-refractivity contribution in [1.29, 1.82) is 0 Å². The molecular formula is C24H26N2O2S. The molecule has 1 saturated heterocycles. The monoisotopic (exact) mass is 406 g/mol. The number of thiazole rings is 1. The lowest BCUT2D eigenvalue weighted by atomic mass is 9.88. The van der Waals surface area contributed by atoms with Gasteiger partial charge in [0, 0.05) is 29.0 Å². The van der Waals surface area contributed by atoms with Crippen molar-refractivity contribution in [2.24, 2.45) is 5.92 Å². The quantitative estimate of drug-likeness (QED) is 0.526. The van der Waals surface area contributed by atoms with E-state index in [1.807, 2.05) is 49.4 Å². The maximum absolute atomic E-state index is 12.7. The van der Waals surface area contributed by atoms with Crippen LogP contribution in [-0.2, 0) is 6.54 Å². The fourth-order valence-corrected chi connectivity index (χ4v) is 4.61. The summed E-state index contributed by atoms with van der Waals surface area (Å²) in [4.78, 5) is 20.0. The fraction of sp³-hybridized carbons (Fsp3) is 0.333. The number of hydrogen-bond acceptors (Lipinski definition) is 5. The zero-order chi connectivity index (χ0) is 20.2. The van der Waals surface area contributed by atoms with Crippen LogP contribution in [-0.4, -0.2) is 35.9 Å².